The molecule has 3 heterocycles. The van der Waals surface area contributed by atoms with E-state index in [1.54, 1.807) is 37.4 Å². The Morgan fingerprint density at radius 2 is 1.81 bits per heavy atom. The summed E-state index contributed by atoms with van der Waals surface area (Å²) >= 11 is 0. The molecule has 1 N–H and O–H groups in total. The van der Waals surface area contributed by atoms with E-state index in [2.05, 4.69) is 25.4 Å². The van der Waals surface area contributed by atoms with Crippen LogP contribution in [0.3, 0.4) is 0 Å². The number of nitrogens with one attached hydrogen (secondary N) is 1. The van der Waals surface area contributed by atoms with E-state index in [4.69, 9.17) is 0 Å². The number of hydrogen-bond donors (Lipinski definition) is 1. The number of hydrogen-bond acceptors (Lipinski definition) is 5. The first-order valence-corrected chi connectivity index (χ1v) is 9.48. The van der Waals surface area contributed by atoms with Crippen molar-refractivity contribution >= 4 is 17.4 Å². The van der Waals surface area contributed by atoms with Crippen LogP contribution in [0.25, 0.3) is 22.7 Å². The summed E-state index contributed by atoms with van der Waals surface area (Å²) in [6.45, 7) is 1.73. The summed E-state index contributed by atoms with van der Waals surface area (Å²) in [5, 5.41) is 7.04. The van der Waals surface area contributed by atoms with Crippen molar-refractivity contribution in [2.45, 2.75) is 6.92 Å². The fraction of sp³-hybridized carbons (Fsp3) is 0.0455. The van der Waals surface area contributed by atoms with E-state index in [9.17, 15) is 9.18 Å². The summed E-state index contributed by atoms with van der Waals surface area (Å²) in [5.41, 5.74) is 2.91. The molecule has 0 radical (unpaired) electrons. The lowest BCUT2D eigenvalue weighted by atomic mass is 10.1. The molecule has 0 saturated heterocycles. The van der Waals surface area contributed by atoms with Crippen LogP contribution in [-0.2, 0) is 0 Å². The first kappa shape index (κ1) is 18.6. The molecule has 0 aliphatic heterocycles. The first-order valence-electron chi connectivity index (χ1n) is 9.48. The highest BCUT2D eigenvalue weighted by Gasteiger charge is 2.16. The van der Waals surface area contributed by atoms with Crippen molar-refractivity contribution in [3.8, 4) is 16.9 Å². The molecule has 5 aromatic rings. The SMILES string of the molecule is Cc1nc(C(=O)Nc2ccc(-c3cn4cccnc4n3)cc2)nn1-c1ccc(F)cc1. The summed E-state index contributed by atoms with van der Waals surface area (Å²) in [7, 11) is 0. The Hall–Kier alpha value is -4.40. The second-order valence-electron chi connectivity index (χ2n) is 6.86. The molecular weight excluding hydrogens is 397 g/mol. The van der Waals surface area contributed by atoms with Crippen molar-refractivity contribution in [1.29, 1.82) is 0 Å². The Bertz CT molecular complexity index is 1350. The summed E-state index contributed by atoms with van der Waals surface area (Å²) in [4.78, 5) is 25.5. The van der Waals surface area contributed by atoms with Crippen molar-refractivity contribution < 1.29 is 9.18 Å². The number of halogens is 1. The standard InChI is InChI=1S/C22H16FN7O/c1-14-25-20(28-30(14)18-9-5-16(23)6-10-18)21(31)26-17-7-3-15(4-8-17)19-13-29-12-2-11-24-22(29)27-19/h2-13H,1H3,(H,26,31). The van der Waals surface area contributed by atoms with E-state index in [-0.39, 0.29) is 11.6 Å². The number of nitrogens with zero attached hydrogens (tertiary/aromatic N) is 6. The van der Waals surface area contributed by atoms with Crippen LogP contribution < -0.4 is 5.32 Å². The van der Waals surface area contributed by atoms with E-state index < -0.39 is 5.91 Å². The Labute approximate surface area is 176 Å². The lowest BCUT2D eigenvalue weighted by Crippen LogP contribution is -2.14. The zero-order chi connectivity index (χ0) is 21.4. The zero-order valence-electron chi connectivity index (χ0n) is 16.4. The van der Waals surface area contributed by atoms with Crippen molar-refractivity contribution in [2.75, 3.05) is 5.32 Å². The van der Waals surface area contributed by atoms with Crippen LogP contribution >= 0.6 is 0 Å². The third kappa shape index (κ3) is 3.64. The molecule has 0 aliphatic carbocycles. The summed E-state index contributed by atoms with van der Waals surface area (Å²) in [6, 6.07) is 15.0. The lowest BCUT2D eigenvalue weighted by molar-refractivity contribution is 0.101. The molecule has 0 saturated carbocycles. The normalized spacial score (nSPS) is 11.0. The smallest absolute Gasteiger partial charge is 0.295 e. The minimum Gasteiger partial charge on any atom is -0.319 e. The quantitative estimate of drug-likeness (QED) is 0.485. The van der Waals surface area contributed by atoms with Gasteiger partial charge in [0.2, 0.25) is 11.6 Å². The molecule has 31 heavy (non-hydrogen) atoms. The van der Waals surface area contributed by atoms with Crippen molar-refractivity contribution in [2.24, 2.45) is 0 Å². The third-order valence-corrected chi connectivity index (χ3v) is 4.72. The minimum atomic E-state index is -0.436. The highest BCUT2D eigenvalue weighted by Crippen LogP contribution is 2.21. The molecule has 0 bridgehead atoms. The number of fused-ring (bicyclic) bond motifs is 1. The van der Waals surface area contributed by atoms with Crippen LogP contribution in [0.1, 0.15) is 16.4 Å². The zero-order valence-corrected chi connectivity index (χ0v) is 16.4. The molecule has 0 unspecified atom stereocenters. The van der Waals surface area contributed by atoms with Gasteiger partial charge in [0.05, 0.1) is 11.4 Å². The number of aryl methyl sites for hydroxylation is 1. The highest BCUT2D eigenvalue weighted by molar-refractivity contribution is 6.01. The minimum absolute atomic E-state index is 0.0253. The average Bonchev–Trinajstić information content (AvgIpc) is 3.39. The van der Waals surface area contributed by atoms with Gasteiger partial charge in [-0.25, -0.2) is 24.0 Å². The fourth-order valence-corrected chi connectivity index (χ4v) is 3.19. The van der Waals surface area contributed by atoms with Crippen LogP contribution in [0.2, 0.25) is 0 Å². The Balaban J connectivity index is 1.33. The van der Waals surface area contributed by atoms with Gasteiger partial charge in [0.15, 0.2) is 0 Å². The molecule has 0 atom stereocenters. The number of anilines is 1. The van der Waals surface area contributed by atoms with Gasteiger partial charge in [0.25, 0.3) is 5.91 Å². The summed E-state index contributed by atoms with van der Waals surface area (Å²) in [6.07, 6.45) is 5.47. The van der Waals surface area contributed by atoms with E-state index in [1.807, 2.05) is 35.0 Å². The molecule has 0 spiro atoms. The first-order chi connectivity index (χ1) is 15.1. The van der Waals surface area contributed by atoms with Crippen molar-refractivity contribution in [3.63, 3.8) is 0 Å². The molecule has 9 heteroatoms. The maximum absolute atomic E-state index is 13.2. The maximum atomic E-state index is 13.2. The van der Waals surface area contributed by atoms with Gasteiger partial charge >= 0.3 is 0 Å². The predicted octanol–water partition coefficient (Wildman–Crippen LogP) is 3.68. The molecular formula is C22H16FN7O. The van der Waals surface area contributed by atoms with E-state index >= 15 is 0 Å². The van der Waals surface area contributed by atoms with E-state index in [0.717, 1.165) is 11.3 Å². The topological polar surface area (TPSA) is 90.0 Å². The van der Waals surface area contributed by atoms with Crippen LogP contribution in [-0.4, -0.2) is 35.0 Å². The number of benzene rings is 2. The molecule has 1 amide bonds. The molecule has 3 aromatic heterocycles. The van der Waals surface area contributed by atoms with Gasteiger partial charge in [-0.1, -0.05) is 12.1 Å². The summed E-state index contributed by atoms with van der Waals surface area (Å²) in [5.74, 6) is 0.384. The number of rotatable bonds is 4. The van der Waals surface area contributed by atoms with E-state index in [1.165, 1.54) is 16.8 Å². The van der Waals surface area contributed by atoms with Gasteiger partial charge in [0, 0.05) is 29.8 Å². The second kappa shape index (κ2) is 7.45. The van der Waals surface area contributed by atoms with Crippen LogP contribution in [0.15, 0.2) is 73.2 Å². The van der Waals surface area contributed by atoms with E-state index in [0.29, 0.717) is 23.0 Å². The predicted molar refractivity (Wildman–Crippen MR) is 112 cm³/mol. The molecule has 152 valence electrons. The number of carbonyl (C=O) groups excluding carboxylic acids is 1. The highest BCUT2D eigenvalue weighted by atomic mass is 19.1. The Kier molecular flexibility index (Phi) is 4.47. The van der Waals surface area contributed by atoms with Gasteiger partial charge in [-0.05, 0) is 49.4 Å². The molecule has 8 nitrogen and oxygen atoms in total. The fourth-order valence-electron chi connectivity index (χ4n) is 3.19. The summed E-state index contributed by atoms with van der Waals surface area (Å²) < 4.78 is 16.5. The van der Waals surface area contributed by atoms with Gasteiger partial charge in [-0.3, -0.25) is 9.20 Å². The maximum Gasteiger partial charge on any atom is 0.295 e. The number of imidazole rings is 1. The largest absolute Gasteiger partial charge is 0.319 e. The Morgan fingerprint density at radius 3 is 2.55 bits per heavy atom. The van der Waals surface area contributed by atoms with Crippen molar-refractivity contribution in [1.82, 2.24) is 29.1 Å². The number of aromatic nitrogens is 6. The van der Waals surface area contributed by atoms with Gasteiger partial charge < -0.3 is 5.32 Å². The van der Waals surface area contributed by atoms with Gasteiger partial charge in [-0.15, -0.1) is 5.10 Å². The molecule has 2 aromatic carbocycles. The monoisotopic (exact) mass is 413 g/mol. The Morgan fingerprint density at radius 1 is 1.03 bits per heavy atom. The van der Waals surface area contributed by atoms with Crippen LogP contribution in [0.5, 0.6) is 0 Å². The number of carbonyl (C=O) groups is 1. The third-order valence-electron chi connectivity index (χ3n) is 4.72. The molecule has 0 fully saturated rings. The number of amides is 1. The lowest BCUT2D eigenvalue weighted by Gasteiger charge is -2.04. The van der Waals surface area contributed by atoms with Gasteiger partial charge in [-0.2, -0.15) is 0 Å². The average molecular weight is 413 g/mol. The van der Waals surface area contributed by atoms with Crippen LogP contribution in [0, 0.1) is 12.7 Å². The molecule has 5 rings (SSSR count). The van der Waals surface area contributed by atoms with Gasteiger partial charge in [0.1, 0.15) is 11.6 Å². The van der Waals surface area contributed by atoms with Crippen molar-refractivity contribution in [3.05, 3.63) is 90.7 Å². The second-order valence-corrected chi connectivity index (χ2v) is 6.86. The molecule has 0 aliphatic rings. The van der Waals surface area contributed by atoms with Crippen LogP contribution in [0.4, 0.5) is 10.1 Å².